The van der Waals surface area contributed by atoms with Crippen molar-refractivity contribution in [1.82, 2.24) is 19.5 Å². The summed E-state index contributed by atoms with van der Waals surface area (Å²) in [6.07, 6.45) is 2.17. The number of Topliss-reactive ketones (excluding diaryl/α,β-unsaturated/α-hetero) is 1. The van der Waals surface area contributed by atoms with Gasteiger partial charge in [-0.05, 0) is 23.8 Å². The number of para-hydroxylation sites is 1. The third-order valence-electron chi connectivity index (χ3n) is 5.17. The summed E-state index contributed by atoms with van der Waals surface area (Å²) in [5, 5.41) is 0. The number of benzene rings is 2. The zero-order valence-corrected chi connectivity index (χ0v) is 16.0. The number of aryl methyl sites for hydroxylation is 1. The van der Waals surface area contributed by atoms with E-state index in [9.17, 15) is 4.79 Å². The topological polar surface area (TPSA) is 79.1 Å². The number of carbonyl (C=O) groups excluding carboxylic acids is 1. The van der Waals surface area contributed by atoms with E-state index in [1.54, 1.807) is 13.3 Å². The molecule has 0 saturated heterocycles. The van der Waals surface area contributed by atoms with Crippen molar-refractivity contribution >= 4 is 16.8 Å². The summed E-state index contributed by atoms with van der Waals surface area (Å²) >= 11 is 0. The molecule has 0 amide bonds. The lowest BCUT2D eigenvalue weighted by molar-refractivity contribution is 0.0973. The first-order chi connectivity index (χ1) is 14.2. The molecular formula is C22H18N4O3. The number of carbonyl (C=O) groups is 1. The molecule has 7 nitrogen and oxygen atoms in total. The molecule has 0 unspecified atom stereocenters. The Hall–Kier alpha value is -3.74. The number of ketones is 1. The normalized spacial score (nSPS) is 13.0. The van der Waals surface area contributed by atoms with E-state index < -0.39 is 0 Å². The first-order valence-electron chi connectivity index (χ1n) is 9.28. The molecule has 2 aromatic carbocycles. The molecule has 0 bridgehead atoms. The van der Waals surface area contributed by atoms with Crippen LogP contribution in [-0.4, -0.2) is 39.5 Å². The standard InChI is InChI=1S/C22H18N4O3/c1-28-21-16(12-23-22(25-21)29-2)13-5-3-6-14(11-13)20-24-17-8-4-7-15-18(27)9-10-26(20)19(15)17/h3-8,11-12H,9-10H2,1-2H3. The van der Waals surface area contributed by atoms with Crippen molar-refractivity contribution < 1.29 is 14.3 Å². The van der Waals surface area contributed by atoms with Crippen molar-refractivity contribution in [2.45, 2.75) is 13.0 Å². The molecule has 7 heteroatoms. The number of hydrogen-bond donors (Lipinski definition) is 0. The number of ether oxygens (including phenoxy) is 2. The van der Waals surface area contributed by atoms with E-state index in [1.165, 1.54) is 7.11 Å². The highest BCUT2D eigenvalue weighted by atomic mass is 16.5. The van der Waals surface area contributed by atoms with Gasteiger partial charge in [-0.1, -0.05) is 24.3 Å². The zero-order chi connectivity index (χ0) is 20.0. The molecule has 0 spiro atoms. The van der Waals surface area contributed by atoms with Crippen molar-refractivity contribution in [1.29, 1.82) is 0 Å². The van der Waals surface area contributed by atoms with Crippen LogP contribution in [0.3, 0.4) is 0 Å². The lowest BCUT2D eigenvalue weighted by Crippen LogP contribution is -2.14. The van der Waals surface area contributed by atoms with Gasteiger partial charge in [0.25, 0.3) is 0 Å². The van der Waals surface area contributed by atoms with E-state index in [0.717, 1.165) is 39.1 Å². The van der Waals surface area contributed by atoms with Crippen LogP contribution in [0.2, 0.25) is 0 Å². The summed E-state index contributed by atoms with van der Waals surface area (Å²) in [5.74, 6) is 1.45. The Morgan fingerprint density at radius 2 is 1.79 bits per heavy atom. The largest absolute Gasteiger partial charge is 0.480 e. The van der Waals surface area contributed by atoms with Crippen molar-refractivity contribution in [3.63, 3.8) is 0 Å². The molecule has 29 heavy (non-hydrogen) atoms. The molecule has 144 valence electrons. The highest BCUT2D eigenvalue weighted by Gasteiger charge is 2.23. The Morgan fingerprint density at radius 1 is 0.966 bits per heavy atom. The van der Waals surface area contributed by atoms with Crippen molar-refractivity contribution in [3.05, 3.63) is 54.2 Å². The zero-order valence-electron chi connectivity index (χ0n) is 16.0. The average Bonchev–Trinajstić information content (AvgIpc) is 3.16. The van der Waals surface area contributed by atoms with E-state index in [2.05, 4.69) is 14.5 Å². The monoisotopic (exact) mass is 386 g/mol. The minimum atomic E-state index is 0.170. The maximum absolute atomic E-state index is 12.3. The summed E-state index contributed by atoms with van der Waals surface area (Å²) < 4.78 is 12.6. The molecule has 2 aromatic heterocycles. The Kier molecular flexibility index (Phi) is 4.01. The molecule has 1 aliphatic heterocycles. The first kappa shape index (κ1) is 17.4. The van der Waals surface area contributed by atoms with E-state index in [-0.39, 0.29) is 11.8 Å². The SMILES string of the molecule is COc1ncc(-c2cccc(-c3nc4cccc5c4n3CCC5=O)c2)c(OC)n1. The molecule has 0 radical (unpaired) electrons. The van der Waals surface area contributed by atoms with Gasteiger partial charge in [-0.3, -0.25) is 4.79 Å². The van der Waals surface area contributed by atoms with Crippen LogP contribution in [0, 0.1) is 0 Å². The van der Waals surface area contributed by atoms with Crippen LogP contribution in [0.25, 0.3) is 33.5 Å². The Balaban J connectivity index is 1.66. The van der Waals surface area contributed by atoms with E-state index in [4.69, 9.17) is 14.5 Å². The molecule has 0 atom stereocenters. The quantitative estimate of drug-likeness (QED) is 0.531. The molecule has 3 heterocycles. The van der Waals surface area contributed by atoms with Gasteiger partial charge < -0.3 is 14.0 Å². The molecule has 0 N–H and O–H groups in total. The van der Waals surface area contributed by atoms with Crippen LogP contribution in [0.15, 0.2) is 48.7 Å². The second-order valence-corrected chi connectivity index (χ2v) is 6.79. The molecule has 0 saturated carbocycles. The van der Waals surface area contributed by atoms with Crippen molar-refractivity contribution in [3.8, 4) is 34.4 Å². The van der Waals surface area contributed by atoms with Gasteiger partial charge in [0, 0.05) is 30.3 Å². The Bertz CT molecular complexity index is 1260. The van der Waals surface area contributed by atoms with Gasteiger partial charge in [-0.2, -0.15) is 4.98 Å². The van der Waals surface area contributed by atoms with Gasteiger partial charge in [0.2, 0.25) is 5.88 Å². The van der Waals surface area contributed by atoms with Crippen LogP contribution >= 0.6 is 0 Å². The summed E-state index contributed by atoms with van der Waals surface area (Å²) in [6.45, 7) is 0.626. The number of imidazole rings is 1. The summed E-state index contributed by atoms with van der Waals surface area (Å²) in [6, 6.07) is 14.0. The molecule has 5 rings (SSSR count). The van der Waals surface area contributed by atoms with Gasteiger partial charge in [0.1, 0.15) is 5.82 Å². The van der Waals surface area contributed by atoms with E-state index in [1.807, 2.05) is 42.5 Å². The average molecular weight is 386 g/mol. The van der Waals surface area contributed by atoms with E-state index >= 15 is 0 Å². The molecular weight excluding hydrogens is 368 g/mol. The van der Waals surface area contributed by atoms with Crippen LogP contribution in [0.1, 0.15) is 16.8 Å². The van der Waals surface area contributed by atoms with Crippen molar-refractivity contribution in [2.24, 2.45) is 0 Å². The molecule has 0 aliphatic carbocycles. The summed E-state index contributed by atoms with van der Waals surface area (Å²) in [5.41, 5.74) is 5.12. The van der Waals surface area contributed by atoms with Crippen LogP contribution in [0.4, 0.5) is 0 Å². The minimum absolute atomic E-state index is 0.170. The number of rotatable bonds is 4. The first-order valence-corrected chi connectivity index (χ1v) is 9.28. The number of hydrogen-bond acceptors (Lipinski definition) is 6. The van der Waals surface area contributed by atoms with Crippen molar-refractivity contribution in [2.75, 3.05) is 14.2 Å². The lowest BCUT2D eigenvalue weighted by Gasteiger charge is -2.16. The Labute approximate surface area is 167 Å². The summed E-state index contributed by atoms with van der Waals surface area (Å²) in [4.78, 5) is 25.6. The smallest absolute Gasteiger partial charge is 0.319 e. The third-order valence-corrected chi connectivity index (χ3v) is 5.17. The fourth-order valence-corrected chi connectivity index (χ4v) is 3.83. The van der Waals surface area contributed by atoms with Crippen LogP contribution < -0.4 is 9.47 Å². The molecule has 4 aromatic rings. The van der Waals surface area contributed by atoms with Gasteiger partial charge >= 0.3 is 6.01 Å². The van der Waals surface area contributed by atoms with Crippen LogP contribution in [0.5, 0.6) is 11.9 Å². The highest BCUT2D eigenvalue weighted by Crippen LogP contribution is 2.34. The Morgan fingerprint density at radius 3 is 2.62 bits per heavy atom. The van der Waals surface area contributed by atoms with E-state index in [0.29, 0.717) is 18.8 Å². The van der Waals surface area contributed by atoms with Gasteiger partial charge in [-0.25, -0.2) is 9.97 Å². The third kappa shape index (κ3) is 2.74. The lowest BCUT2D eigenvalue weighted by atomic mass is 10.0. The molecule has 1 aliphatic rings. The number of methoxy groups -OCH3 is 2. The number of aromatic nitrogens is 4. The second-order valence-electron chi connectivity index (χ2n) is 6.79. The van der Waals surface area contributed by atoms with Gasteiger partial charge in [-0.15, -0.1) is 0 Å². The predicted octanol–water partition coefficient (Wildman–Crippen LogP) is 3.76. The second kappa shape index (κ2) is 6.70. The number of nitrogens with zero attached hydrogens (tertiary/aromatic N) is 4. The predicted molar refractivity (Wildman–Crippen MR) is 108 cm³/mol. The molecule has 0 fully saturated rings. The van der Waals surface area contributed by atoms with Crippen LogP contribution in [-0.2, 0) is 6.54 Å². The van der Waals surface area contributed by atoms with Gasteiger partial charge in [0.05, 0.1) is 30.8 Å². The fourth-order valence-electron chi connectivity index (χ4n) is 3.83. The maximum atomic E-state index is 12.3. The van der Waals surface area contributed by atoms with Gasteiger partial charge in [0.15, 0.2) is 5.78 Å². The highest BCUT2D eigenvalue weighted by molar-refractivity contribution is 6.08. The fraction of sp³-hybridized carbons (Fsp3) is 0.182. The maximum Gasteiger partial charge on any atom is 0.319 e. The summed E-state index contributed by atoms with van der Waals surface area (Å²) in [7, 11) is 3.09. The minimum Gasteiger partial charge on any atom is -0.480 e.